The van der Waals surface area contributed by atoms with Gasteiger partial charge in [0.15, 0.2) is 23.1 Å². The van der Waals surface area contributed by atoms with Crippen molar-refractivity contribution in [3.8, 4) is 11.3 Å². The molecule has 142 valence electrons. The molecule has 7 nitrogen and oxygen atoms in total. The first kappa shape index (κ1) is 17.9. The first-order valence-electron chi connectivity index (χ1n) is 9.21. The summed E-state index contributed by atoms with van der Waals surface area (Å²) in [5.41, 5.74) is 2.91. The van der Waals surface area contributed by atoms with Gasteiger partial charge in [-0.3, -0.25) is 9.20 Å². The Morgan fingerprint density at radius 2 is 2.00 bits per heavy atom. The van der Waals surface area contributed by atoms with Crippen LogP contribution in [0.15, 0.2) is 59.3 Å². The van der Waals surface area contributed by atoms with Crippen LogP contribution in [0.1, 0.15) is 36.7 Å². The number of oxazole rings is 1. The van der Waals surface area contributed by atoms with Crippen molar-refractivity contribution >= 4 is 11.6 Å². The third-order valence-corrected chi connectivity index (χ3v) is 4.56. The zero-order valence-corrected chi connectivity index (χ0v) is 15.8. The highest BCUT2D eigenvalue weighted by Gasteiger charge is 2.16. The van der Waals surface area contributed by atoms with E-state index in [1.807, 2.05) is 66.9 Å². The molecule has 1 N–H and O–H groups in total. The maximum atomic E-state index is 12.3. The number of benzene rings is 1. The molecule has 0 saturated heterocycles. The molecular formula is C21H21N5O2. The van der Waals surface area contributed by atoms with Crippen LogP contribution in [0.5, 0.6) is 0 Å². The minimum absolute atomic E-state index is 0.0877. The molecule has 0 radical (unpaired) electrons. The number of aromatic nitrogens is 4. The summed E-state index contributed by atoms with van der Waals surface area (Å²) in [5.74, 6) is 1.86. The first-order valence-corrected chi connectivity index (χ1v) is 9.21. The number of hydrogen-bond acceptors (Lipinski definition) is 5. The average molecular weight is 375 g/mol. The van der Waals surface area contributed by atoms with Crippen LogP contribution in [0.4, 0.5) is 0 Å². The summed E-state index contributed by atoms with van der Waals surface area (Å²) in [4.78, 5) is 16.6. The zero-order valence-electron chi connectivity index (χ0n) is 15.8. The number of pyridine rings is 1. The molecule has 1 atom stereocenters. The number of carbonyl (C=O) groups is 1. The van der Waals surface area contributed by atoms with Crippen molar-refractivity contribution in [1.29, 1.82) is 0 Å². The third-order valence-electron chi connectivity index (χ3n) is 4.56. The number of amides is 1. The molecular weight excluding hydrogens is 354 g/mol. The molecule has 1 aromatic carbocycles. The Bertz CT molecular complexity index is 1100. The highest BCUT2D eigenvalue weighted by atomic mass is 16.4. The topological polar surface area (TPSA) is 85.3 Å². The van der Waals surface area contributed by atoms with E-state index in [0.717, 1.165) is 11.2 Å². The largest absolute Gasteiger partial charge is 0.441 e. The summed E-state index contributed by atoms with van der Waals surface area (Å²) < 4.78 is 7.65. The van der Waals surface area contributed by atoms with Gasteiger partial charge >= 0.3 is 0 Å². The van der Waals surface area contributed by atoms with Gasteiger partial charge in [-0.05, 0) is 26.0 Å². The molecule has 0 aliphatic heterocycles. The highest BCUT2D eigenvalue weighted by molar-refractivity contribution is 5.76. The molecule has 3 heterocycles. The average Bonchev–Trinajstić information content (AvgIpc) is 3.34. The molecule has 0 aliphatic carbocycles. The molecule has 0 aliphatic rings. The van der Waals surface area contributed by atoms with E-state index in [9.17, 15) is 4.79 Å². The van der Waals surface area contributed by atoms with E-state index in [2.05, 4.69) is 20.5 Å². The number of carbonyl (C=O) groups excluding carboxylic acids is 1. The Kier molecular flexibility index (Phi) is 4.89. The van der Waals surface area contributed by atoms with Crippen LogP contribution in [0.2, 0.25) is 0 Å². The van der Waals surface area contributed by atoms with Gasteiger partial charge in [0, 0.05) is 24.6 Å². The van der Waals surface area contributed by atoms with Crippen LogP contribution in [-0.4, -0.2) is 25.5 Å². The molecule has 7 heteroatoms. The van der Waals surface area contributed by atoms with E-state index in [-0.39, 0.29) is 18.4 Å². The zero-order chi connectivity index (χ0) is 19.5. The summed E-state index contributed by atoms with van der Waals surface area (Å²) in [7, 11) is 0. The number of hydrogen-bond donors (Lipinski definition) is 1. The minimum atomic E-state index is -0.252. The van der Waals surface area contributed by atoms with Gasteiger partial charge in [0.25, 0.3) is 0 Å². The highest BCUT2D eigenvalue weighted by Crippen LogP contribution is 2.21. The molecule has 0 spiro atoms. The SMILES string of the molecule is Cc1ccc(-c2cnc(CCC(=O)NC(C)c3nnc4ccccn34)o2)cc1. The van der Waals surface area contributed by atoms with E-state index in [1.165, 1.54) is 5.56 Å². The van der Waals surface area contributed by atoms with Gasteiger partial charge in [-0.15, -0.1) is 10.2 Å². The smallest absolute Gasteiger partial charge is 0.221 e. The Balaban J connectivity index is 1.35. The Morgan fingerprint density at radius 3 is 2.82 bits per heavy atom. The molecule has 4 rings (SSSR count). The second-order valence-electron chi connectivity index (χ2n) is 6.76. The number of fused-ring (bicyclic) bond motifs is 1. The van der Waals surface area contributed by atoms with Gasteiger partial charge in [-0.1, -0.05) is 35.9 Å². The minimum Gasteiger partial charge on any atom is -0.441 e. The fourth-order valence-electron chi connectivity index (χ4n) is 3.03. The molecule has 28 heavy (non-hydrogen) atoms. The lowest BCUT2D eigenvalue weighted by Gasteiger charge is -2.11. The van der Waals surface area contributed by atoms with E-state index < -0.39 is 0 Å². The molecule has 0 fully saturated rings. The van der Waals surface area contributed by atoms with Crippen molar-refractivity contribution in [2.45, 2.75) is 32.7 Å². The van der Waals surface area contributed by atoms with Crippen molar-refractivity contribution in [1.82, 2.24) is 24.9 Å². The summed E-state index contributed by atoms with van der Waals surface area (Å²) >= 11 is 0. The molecule has 0 saturated carbocycles. The van der Waals surface area contributed by atoms with Crippen LogP contribution >= 0.6 is 0 Å². The van der Waals surface area contributed by atoms with E-state index >= 15 is 0 Å². The standard InChI is InChI=1S/C21H21N5O2/c1-14-6-8-16(9-7-14)17-13-22-20(28-17)11-10-19(27)23-15(2)21-25-24-18-5-3-4-12-26(18)21/h3-9,12-13,15H,10-11H2,1-2H3,(H,23,27). The van der Waals surface area contributed by atoms with Gasteiger partial charge in [-0.2, -0.15) is 0 Å². The Morgan fingerprint density at radius 1 is 1.18 bits per heavy atom. The summed E-state index contributed by atoms with van der Waals surface area (Å²) in [6, 6.07) is 13.5. The molecule has 1 unspecified atom stereocenters. The maximum Gasteiger partial charge on any atom is 0.221 e. The summed E-state index contributed by atoms with van der Waals surface area (Å²) in [6.07, 6.45) is 4.30. The molecule has 4 aromatic rings. The number of aryl methyl sites for hydroxylation is 2. The Hall–Kier alpha value is -3.48. The molecule has 3 aromatic heterocycles. The van der Waals surface area contributed by atoms with Crippen molar-refractivity contribution in [2.75, 3.05) is 0 Å². The third kappa shape index (κ3) is 3.78. The maximum absolute atomic E-state index is 12.3. The quantitative estimate of drug-likeness (QED) is 0.557. The first-order chi connectivity index (χ1) is 13.6. The molecule has 0 bridgehead atoms. The van der Waals surface area contributed by atoms with E-state index in [0.29, 0.717) is 23.9 Å². The summed E-state index contributed by atoms with van der Waals surface area (Å²) in [6.45, 7) is 3.93. The van der Waals surface area contributed by atoms with E-state index in [4.69, 9.17) is 4.42 Å². The van der Waals surface area contributed by atoms with E-state index in [1.54, 1.807) is 6.20 Å². The number of nitrogens with one attached hydrogen (secondary N) is 1. The number of rotatable bonds is 6. The van der Waals surface area contributed by atoms with Gasteiger partial charge in [0.05, 0.1) is 12.2 Å². The number of nitrogens with zero attached hydrogens (tertiary/aromatic N) is 4. The summed E-state index contributed by atoms with van der Waals surface area (Å²) in [5, 5.41) is 11.2. The lowest BCUT2D eigenvalue weighted by atomic mass is 10.1. The van der Waals surface area contributed by atoms with Crippen molar-refractivity contribution < 1.29 is 9.21 Å². The van der Waals surface area contributed by atoms with Crippen LogP contribution in [0.3, 0.4) is 0 Å². The normalized spacial score (nSPS) is 12.2. The van der Waals surface area contributed by atoms with Crippen molar-refractivity contribution in [3.63, 3.8) is 0 Å². The second kappa shape index (κ2) is 7.64. The van der Waals surface area contributed by atoms with Gasteiger partial charge in [0.2, 0.25) is 5.91 Å². The Labute approximate surface area is 162 Å². The van der Waals surface area contributed by atoms with Crippen molar-refractivity contribution in [2.24, 2.45) is 0 Å². The van der Waals surface area contributed by atoms with Crippen LogP contribution in [0.25, 0.3) is 17.0 Å². The second-order valence-corrected chi connectivity index (χ2v) is 6.76. The molecule has 1 amide bonds. The predicted octanol–water partition coefficient (Wildman–Crippen LogP) is 3.50. The van der Waals surface area contributed by atoms with Crippen LogP contribution in [0, 0.1) is 6.92 Å². The monoisotopic (exact) mass is 375 g/mol. The van der Waals surface area contributed by atoms with Crippen LogP contribution in [-0.2, 0) is 11.2 Å². The van der Waals surface area contributed by atoms with Crippen molar-refractivity contribution in [3.05, 3.63) is 72.1 Å². The van der Waals surface area contributed by atoms with Gasteiger partial charge in [-0.25, -0.2) is 4.98 Å². The fraction of sp³-hybridized carbons (Fsp3) is 0.238. The fourth-order valence-corrected chi connectivity index (χ4v) is 3.03. The lowest BCUT2D eigenvalue weighted by Crippen LogP contribution is -2.28. The lowest BCUT2D eigenvalue weighted by molar-refractivity contribution is -0.121. The van der Waals surface area contributed by atoms with Gasteiger partial charge < -0.3 is 9.73 Å². The van der Waals surface area contributed by atoms with Crippen LogP contribution < -0.4 is 5.32 Å². The predicted molar refractivity (Wildman–Crippen MR) is 105 cm³/mol. The van der Waals surface area contributed by atoms with Gasteiger partial charge in [0.1, 0.15) is 0 Å².